The molecule has 0 bridgehead atoms. The molecule has 2 N–H and O–H groups in total. The first kappa shape index (κ1) is 35.7. The van der Waals surface area contributed by atoms with E-state index < -0.39 is 30.0 Å². The van der Waals surface area contributed by atoms with Gasteiger partial charge < -0.3 is 24.6 Å². The van der Waals surface area contributed by atoms with E-state index in [1.54, 1.807) is 34.0 Å². The van der Waals surface area contributed by atoms with Crippen LogP contribution in [0.1, 0.15) is 52.2 Å². The van der Waals surface area contributed by atoms with Crippen LogP contribution in [0, 0.1) is 12.8 Å². The molecule has 14 heteroatoms. The molecular weight excluding hydrogens is 699 g/mol. The van der Waals surface area contributed by atoms with Gasteiger partial charge in [-0.3, -0.25) is 19.2 Å². The van der Waals surface area contributed by atoms with Crippen molar-refractivity contribution >= 4 is 52.8 Å². The van der Waals surface area contributed by atoms with Gasteiger partial charge in [-0.15, -0.1) is 0 Å². The lowest BCUT2D eigenvalue weighted by Crippen LogP contribution is -2.41. The molecule has 0 spiro atoms. The maximum Gasteiger partial charge on any atom is 0.414 e. The number of hydrogen-bond donors (Lipinski definition) is 2. The van der Waals surface area contributed by atoms with Crippen LogP contribution < -0.4 is 15.0 Å². The Morgan fingerprint density at radius 3 is 2.65 bits per heavy atom. The van der Waals surface area contributed by atoms with Crippen LogP contribution in [0.5, 0.6) is 5.75 Å². The Bertz CT molecular complexity index is 1980. The van der Waals surface area contributed by atoms with Crippen LogP contribution in [-0.4, -0.2) is 71.7 Å². The highest BCUT2D eigenvalue weighted by Gasteiger charge is 2.48. The minimum absolute atomic E-state index is 0.0825. The molecule has 1 saturated carbocycles. The predicted octanol–water partition coefficient (Wildman–Crippen LogP) is 6.49. The van der Waals surface area contributed by atoms with Crippen molar-refractivity contribution < 1.29 is 38.5 Å². The van der Waals surface area contributed by atoms with Gasteiger partial charge in [-0.25, -0.2) is 9.59 Å². The van der Waals surface area contributed by atoms with Crippen LogP contribution in [0.25, 0.3) is 11.1 Å². The Labute approximate surface area is 304 Å². The quantitative estimate of drug-likeness (QED) is 0.116. The summed E-state index contributed by atoms with van der Waals surface area (Å²) in [6.45, 7) is 2.97. The molecule has 1 aromatic heterocycles. The molecule has 3 atom stereocenters. The number of esters is 1. The van der Waals surface area contributed by atoms with Gasteiger partial charge in [-0.05, 0) is 84.7 Å². The van der Waals surface area contributed by atoms with E-state index in [4.69, 9.17) is 42.5 Å². The van der Waals surface area contributed by atoms with Crippen molar-refractivity contribution in [2.45, 2.75) is 44.7 Å². The summed E-state index contributed by atoms with van der Waals surface area (Å²) >= 11 is 12.7. The average molecular weight is 736 g/mol. The zero-order valence-corrected chi connectivity index (χ0v) is 29.4. The van der Waals surface area contributed by atoms with Crippen LogP contribution in [0.15, 0.2) is 67.0 Å². The Hall–Kier alpha value is -5.07. The van der Waals surface area contributed by atoms with E-state index >= 15 is 0 Å². The van der Waals surface area contributed by atoms with Crippen LogP contribution in [-0.2, 0) is 25.6 Å². The standard InChI is InChI=1S/C37H36Cl2N4O8/c1-21-28(38)6-4-8-32(21)50-13-14-51-37(48)43-20-23-16-27(23)34-26(5-3-7-31(34)43)25-17-40-42(19-25)18-24-15-22(9-10-29(24)39)35(46)41-30(36(47)49-2)11-12-33(44)45/h3-10,15,17,19,23,27,30H,11-14,16,18,20H2,1-2H3,(H,41,46)(H,44,45)/t23-,27-,30-/m0/s1. The van der Waals surface area contributed by atoms with Crippen LogP contribution in [0.2, 0.25) is 10.0 Å². The number of nitrogens with one attached hydrogen (secondary N) is 1. The number of carbonyl (C=O) groups excluding carboxylic acids is 3. The molecule has 2 aliphatic rings. The predicted molar refractivity (Wildman–Crippen MR) is 190 cm³/mol. The van der Waals surface area contributed by atoms with E-state index in [9.17, 15) is 19.2 Å². The maximum atomic E-state index is 13.3. The number of anilines is 1. The van der Waals surface area contributed by atoms with E-state index in [0.717, 1.165) is 34.4 Å². The highest BCUT2D eigenvalue weighted by atomic mass is 35.5. The van der Waals surface area contributed by atoms with Crippen LogP contribution in [0.3, 0.4) is 0 Å². The number of aliphatic carboxylic acids is 1. The Morgan fingerprint density at radius 1 is 1.06 bits per heavy atom. The van der Waals surface area contributed by atoms with Gasteiger partial charge in [0.05, 0.1) is 25.5 Å². The zero-order valence-electron chi connectivity index (χ0n) is 27.9. The summed E-state index contributed by atoms with van der Waals surface area (Å²) in [5, 5.41) is 17.2. The second kappa shape index (κ2) is 15.4. The van der Waals surface area contributed by atoms with E-state index in [1.165, 1.54) is 13.2 Å². The van der Waals surface area contributed by atoms with Crippen LogP contribution in [0.4, 0.5) is 10.5 Å². The fourth-order valence-electron chi connectivity index (χ4n) is 6.34. The van der Waals surface area contributed by atoms with Crippen molar-refractivity contribution in [2.24, 2.45) is 5.92 Å². The minimum Gasteiger partial charge on any atom is -0.490 e. The first-order chi connectivity index (χ1) is 24.5. The first-order valence-electron chi connectivity index (χ1n) is 16.4. The van der Waals surface area contributed by atoms with Crippen molar-refractivity contribution in [3.8, 4) is 16.9 Å². The summed E-state index contributed by atoms with van der Waals surface area (Å²) in [4.78, 5) is 51.2. The van der Waals surface area contributed by atoms with E-state index in [0.29, 0.717) is 39.7 Å². The molecule has 0 radical (unpaired) electrons. The van der Waals surface area contributed by atoms with Crippen molar-refractivity contribution in [1.29, 1.82) is 0 Å². The van der Waals surface area contributed by atoms with Gasteiger partial charge in [0.1, 0.15) is 25.0 Å². The number of rotatable bonds is 13. The summed E-state index contributed by atoms with van der Waals surface area (Å²) in [5.41, 5.74) is 5.40. The maximum absolute atomic E-state index is 13.3. The van der Waals surface area contributed by atoms with Crippen LogP contribution >= 0.6 is 23.2 Å². The molecule has 4 aromatic rings. The number of carboxylic acids is 1. The molecule has 1 aliphatic heterocycles. The minimum atomic E-state index is -1.12. The average Bonchev–Trinajstić information content (AvgIpc) is 3.77. The number of amides is 2. The summed E-state index contributed by atoms with van der Waals surface area (Å²) in [5.74, 6) is -1.10. The molecule has 2 heterocycles. The van der Waals surface area contributed by atoms with E-state index in [-0.39, 0.29) is 38.2 Å². The molecule has 1 aliphatic carbocycles. The number of methoxy groups -OCH3 is 1. The monoisotopic (exact) mass is 734 g/mol. The van der Waals surface area contributed by atoms with Gasteiger partial charge >= 0.3 is 18.0 Å². The lowest BCUT2D eigenvalue weighted by atomic mass is 9.93. The topological polar surface area (TPSA) is 149 Å². The molecule has 12 nitrogen and oxygen atoms in total. The highest BCUT2D eigenvalue weighted by molar-refractivity contribution is 6.31. The van der Waals surface area contributed by atoms with Crippen molar-refractivity contribution in [2.75, 3.05) is 31.8 Å². The molecule has 6 rings (SSSR count). The van der Waals surface area contributed by atoms with Crippen molar-refractivity contribution in [1.82, 2.24) is 15.1 Å². The van der Waals surface area contributed by atoms with E-state index in [1.807, 2.05) is 43.5 Å². The second-order valence-electron chi connectivity index (χ2n) is 12.5. The molecule has 1 fully saturated rings. The van der Waals surface area contributed by atoms with E-state index in [2.05, 4.69) is 10.4 Å². The second-order valence-corrected chi connectivity index (χ2v) is 13.3. The fourth-order valence-corrected chi connectivity index (χ4v) is 6.69. The third-order valence-corrected chi connectivity index (χ3v) is 9.89. The number of ether oxygens (including phenoxy) is 3. The summed E-state index contributed by atoms with van der Waals surface area (Å²) in [7, 11) is 1.17. The number of nitrogens with zero attached hydrogens (tertiary/aromatic N) is 3. The number of benzene rings is 3. The Kier molecular flexibility index (Phi) is 10.8. The normalized spacial score (nSPS) is 16.4. The van der Waals surface area contributed by atoms with Gasteiger partial charge in [-0.1, -0.05) is 41.4 Å². The number of aromatic nitrogens is 2. The van der Waals surface area contributed by atoms with Crippen molar-refractivity contribution in [3.63, 3.8) is 0 Å². The van der Waals surface area contributed by atoms with Gasteiger partial charge in [0, 0.05) is 45.9 Å². The number of carbonyl (C=O) groups is 4. The SMILES string of the molecule is COC(=O)[C@H](CCC(=O)O)NC(=O)c1ccc(Cl)c(Cn2cc(-c3cccc4c3[C@H]3C[C@H]3CN4C(=O)OCCOc3cccc(Cl)c3C)cn2)c1. The third-order valence-electron chi connectivity index (χ3n) is 9.11. The molecule has 51 heavy (non-hydrogen) atoms. The smallest absolute Gasteiger partial charge is 0.414 e. The molecule has 3 aromatic carbocycles. The van der Waals surface area contributed by atoms with Gasteiger partial charge in [0.25, 0.3) is 5.91 Å². The largest absolute Gasteiger partial charge is 0.490 e. The molecule has 0 unspecified atom stereocenters. The number of fused-ring (bicyclic) bond motifs is 3. The Balaban J connectivity index is 1.14. The van der Waals surface area contributed by atoms with Gasteiger partial charge in [0.2, 0.25) is 0 Å². The molecular formula is C37H36Cl2N4O8. The molecule has 0 saturated heterocycles. The molecule has 266 valence electrons. The Morgan fingerprint density at radius 2 is 1.86 bits per heavy atom. The molecule has 2 amide bonds. The lowest BCUT2D eigenvalue weighted by molar-refractivity contribution is -0.143. The van der Waals surface area contributed by atoms with Crippen molar-refractivity contribution in [3.05, 3.63) is 99.3 Å². The van der Waals surface area contributed by atoms with Gasteiger partial charge in [-0.2, -0.15) is 5.10 Å². The highest BCUT2D eigenvalue weighted by Crippen LogP contribution is 2.57. The third kappa shape index (κ3) is 8.13. The summed E-state index contributed by atoms with van der Waals surface area (Å²) < 4.78 is 17.9. The first-order valence-corrected chi connectivity index (χ1v) is 17.2. The van der Waals surface area contributed by atoms with Gasteiger partial charge in [0.15, 0.2) is 0 Å². The summed E-state index contributed by atoms with van der Waals surface area (Å²) in [6.07, 6.45) is 3.75. The fraction of sp³-hybridized carbons (Fsp3) is 0.324. The summed E-state index contributed by atoms with van der Waals surface area (Å²) in [6, 6.07) is 14.9. The zero-order chi connectivity index (χ0) is 36.2. The number of carboxylic acid groups (broad SMARTS) is 1. The number of hydrogen-bond acceptors (Lipinski definition) is 8. The number of halogens is 2. The lowest BCUT2D eigenvalue weighted by Gasteiger charge is -2.29.